The summed E-state index contributed by atoms with van der Waals surface area (Å²) < 4.78 is 28.3. The van der Waals surface area contributed by atoms with Gasteiger partial charge in [-0.1, -0.05) is 18.2 Å². The zero-order chi connectivity index (χ0) is 16.6. The first-order valence-corrected chi connectivity index (χ1v) is 10.1. The van der Waals surface area contributed by atoms with Crippen molar-refractivity contribution in [1.82, 2.24) is 9.29 Å². The Bertz CT molecular complexity index is 946. The number of nitrogens with zero attached hydrogens (tertiary/aromatic N) is 3. The molecule has 24 heavy (non-hydrogen) atoms. The first kappa shape index (κ1) is 15.6. The molecule has 124 valence electrons. The van der Waals surface area contributed by atoms with E-state index in [0.717, 1.165) is 15.9 Å². The van der Waals surface area contributed by atoms with Crippen LogP contribution in [0.25, 0.3) is 10.2 Å². The monoisotopic (exact) mass is 359 g/mol. The van der Waals surface area contributed by atoms with E-state index in [1.165, 1.54) is 11.3 Å². The van der Waals surface area contributed by atoms with Gasteiger partial charge >= 0.3 is 0 Å². The second kappa shape index (κ2) is 6.16. The van der Waals surface area contributed by atoms with E-state index in [-0.39, 0.29) is 0 Å². The summed E-state index contributed by atoms with van der Waals surface area (Å²) in [6.45, 7) is 2.38. The molecule has 1 aliphatic heterocycles. The molecule has 5 nitrogen and oxygen atoms in total. The summed E-state index contributed by atoms with van der Waals surface area (Å²) in [5.41, 5.74) is 3.61. The summed E-state index contributed by atoms with van der Waals surface area (Å²) in [6, 6.07) is 15.3. The fourth-order valence-corrected chi connectivity index (χ4v) is 5.07. The van der Waals surface area contributed by atoms with Crippen LogP contribution in [0.2, 0.25) is 0 Å². The third-order valence-electron chi connectivity index (χ3n) is 4.30. The van der Waals surface area contributed by atoms with Gasteiger partial charge in [-0.05, 0) is 30.3 Å². The Morgan fingerprint density at radius 2 is 1.71 bits per heavy atom. The summed E-state index contributed by atoms with van der Waals surface area (Å²) in [5, 5.41) is 0. The number of hydrogen-bond acceptors (Lipinski definition) is 5. The quantitative estimate of drug-likeness (QED) is 0.722. The van der Waals surface area contributed by atoms with Crippen molar-refractivity contribution in [1.29, 1.82) is 0 Å². The third-order valence-corrected chi connectivity index (χ3v) is 7.00. The van der Waals surface area contributed by atoms with E-state index in [1.807, 2.05) is 24.3 Å². The van der Waals surface area contributed by atoms with Crippen molar-refractivity contribution in [2.75, 3.05) is 31.1 Å². The Kier molecular flexibility index (Phi) is 3.99. The maximum absolute atomic E-state index is 12.9. The van der Waals surface area contributed by atoms with E-state index in [1.54, 1.807) is 21.9 Å². The van der Waals surface area contributed by atoms with E-state index in [4.69, 9.17) is 0 Å². The number of fused-ring (bicyclic) bond motifs is 1. The van der Waals surface area contributed by atoms with Crippen LogP contribution in [0.1, 0.15) is 0 Å². The van der Waals surface area contributed by atoms with Gasteiger partial charge in [-0.3, -0.25) is 0 Å². The molecule has 7 heteroatoms. The molecule has 1 fully saturated rings. The average Bonchev–Trinajstić information content (AvgIpc) is 3.10. The Morgan fingerprint density at radius 1 is 0.958 bits per heavy atom. The molecular weight excluding hydrogens is 342 g/mol. The van der Waals surface area contributed by atoms with Crippen LogP contribution in [0, 0.1) is 0 Å². The van der Waals surface area contributed by atoms with E-state index in [0.29, 0.717) is 31.1 Å². The summed E-state index contributed by atoms with van der Waals surface area (Å²) in [7, 11) is -3.47. The second-order valence-electron chi connectivity index (χ2n) is 5.71. The highest BCUT2D eigenvalue weighted by molar-refractivity contribution is 7.89. The normalized spacial score (nSPS) is 16.6. The van der Waals surface area contributed by atoms with Gasteiger partial charge in [-0.2, -0.15) is 4.31 Å². The first-order chi connectivity index (χ1) is 11.6. The zero-order valence-corrected chi connectivity index (χ0v) is 14.6. The minimum atomic E-state index is -3.47. The maximum Gasteiger partial charge on any atom is 0.243 e. The fourth-order valence-electron chi connectivity index (χ4n) is 2.97. The number of benzene rings is 2. The standard InChI is InChI=1S/C17H17N3O2S2/c21-24(22,15-6-7-17-16(12-15)18-13-23-17)20-10-8-19(9-11-20)14-4-2-1-3-5-14/h1-7,12-13H,8-11H2. The molecule has 0 amide bonds. The van der Waals surface area contributed by atoms with Crippen LogP contribution in [0.15, 0.2) is 58.9 Å². The van der Waals surface area contributed by atoms with Crippen molar-refractivity contribution in [3.63, 3.8) is 0 Å². The van der Waals surface area contributed by atoms with Crippen molar-refractivity contribution >= 4 is 37.3 Å². The molecule has 2 aromatic carbocycles. The molecule has 0 saturated carbocycles. The molecule has 0 spiro atoms. The molecule has 0 N–H and O–H groups in total. The minimum Gasteiger partial charge on any atom is -0.369 e. The van der Waals surface area contributed by atoms with E-state index >= 15 is 0 Å². The van der Waals surface area contributed by atoms with Crippen LogP contribution in [0.4, 0.5) is 5.69 Å². The van der Waals surface area contributed by atoms with E-state index in [9.17, 15) is 8.42 Å². The lowest BCUT2D eigenvalue weighted by molar-refractivity contribution is 0.385. The number of anilines is 1. The lowest BCUT2D eigenvalue weighted by Crippen LogP contribution is -2.48. The van der Waals surface area contributed by atoms with Crippen molar-refractivity contribution in [3.05, 3.63) is 54.0 Å². The maximum atomic E-state index is 12.9. The number of rotatable bonds is 3. The first-order valence-electron chi connectivity index (χ1n) is 7.78. The largest absolute Gasteiger partial charge is 0.369 e. The van der Waals surface area contributed by atoms with Crippen LogP contribution in [-0.4, -0.2) is 43.9 Å². The van der Waals surface area contributed by atoms with E-state index in [2.05, 4.69) is 22.0 Å². The highest BCUT2D eigenvalue weighted by Crippen LogP contribution is 2.25. The fraction of sp³-hybridized carbons (Fsp3) is 0.235. The van der Waals surface area contributed by atoms with Crippen LogP contribution < -0.4 is 4.90 Å². The van der Waals surface area contributed by atoms with Gasteiger partial charge in [0, 0.05) is 31.9 Å². The summed E-state index contributed by atoms with van der Waals surface area (Å²) in [4.78, 5) is 6.76. The number of thiazole rings is 1. The number of sulfonamides is 1. The van der Waals surface area contributed by atoms with Crippen molar-refractivity contribution < 1.29 is 8.42 Å². The lowest BCUT2D eigenvalue weighted by atomic mass is 10.2. The molecular formula is C17H17N3O2S2. The van der Waals surface area contributed by atoms with Gasteiger partial charge < -0.3 is 4.90 Å². The predicted octanol–water partition coefficient (Wildman–Crippen LogP) is 2.81. The van der Waals surface area contributed by atoms with Gasteiger partial charge in [0.05, 0.1) is 20.6 Å². The van der Waals surface area contributed by atoms with Crippen LogP contribution >= 0.6 is 11.3 Å². The van der Waals surface area contributed by atoms with Gasteiger partial charge in [0.2, 0.25) is 10.0 Å². The zero-order valence-electron chi connectivity index (χ0n) is 13.0. The van der Waals surface area contributed by atoms with Crippen LogP contribution in [-0.2, 0) is 10.0 Å². The lowest BCUT2D eigenvalue weighted by Gasteiger charge is -2.35. The van der Waals surface area contributed by atoms with Crippen molar-refractivity contribution in [2.24, 2.45) is 0 Å². The van der Waals surface area contributed by atoms with Crippen LogP contribution in [0.3, 0.4) is 0 Å². The molecule has 2 heterocycles. The molecule has 0 unspecified atom stereocenters. The van der Waals surface area contributed by atoms with Crippen molar-refractivity contribution in [2.45, 2.75) is 4.90 Å². The van der Waals surface area contributed by atoms with E-state index < -0.39 is 10.0 Å². The molecule has 1 aliphatic rings. The third kappa shape index (κ3) is 2.79. The van der Waals surface area contributed by atoms with Gasteiger partial charge in [0.15, 0.2) is 0 Å². The topological polar surface area (TPSA) is 53.5 Å². The Balaban J connectivity index is 1.53. The van der Waals surface area contributed by atoms with Gasteiger partial charge in [-0.25, -0.2) is 13.4 Å². The number of piperazine rings is 1. The average molecular weight is 359 g/mol. The minimum absolute atomic E-state index is 0.328. The SMILES string of the molecule is O=S(=O)(c1ccc2scnc2c1)N1CCN(c2ccccc2)CC1. The number of hydrogen-bond donors (Lipinski definition) is 0. The number of para-hydroxylation sites is 1. The highest BCUT2D eigenvalue weighted by Gasteiger charge is 2.28. The smallest absolute Gasteiger partial charge is 0.243 e. The molecule has 0 aliphatic carbocycles. The van der Waals surface area contributed by atoms with Crippen molar-refractivity contribution in [3.8, 4) is 0 Å². The second-order valence-corrected chi connectivity index (χ2v) is 8.53. The highest BCUT2D eigenvalue weighted by atomic mass is 32.2. The molecule has 0 bridgehead atoms. The summed E-state index contributed by atoms with van der Waals surface area (Å²) >= 11 is 1.51. The summed E-state index contributed by atoms with van der Waals surface area (Å²) in [5.74, 6) is 0. The molecule has 1 saturated heterocycles. The van der Waals surface area contributed by atoms with Gasteiger partial charge in [0.25, 0.3) is 0 Å². The number of aromatic nitrogens is 1. The predicted molar refractivity (Wildman–Crippen MR) is 97.0 cm³/mol. The van der Waals surface area contributed by atoms with Crippen LogP contribution in [0.5, 0.6) is 0 Å². The Morgan fingerprint density at radius 3 is 2.46 bits per heavy atom. The molecule has 0 atom stereocenters. The van der Waals surface area contributed by atoms with Gasteiger partial charge in [0.1, 0.15) is 0 Å². The summed E-state index contributed by atoms with van der Waals surface area (Å²) in [6.07, 6.45) is 0. The molecule has 3 aromatic rings. The Hall–Kier alpha value is -1.96. The molecule has 4 rings (SSSR count). The van der Waals surface area contributed by atoms with Gasteiger partial charge in [-0.15, -0.1) is 11.3 Å². The molecule has 0 radical (unpaired) electrons. The molecule has 1 aromatic heterocycles. The Labute approximate surface area is 145 Å².